The molecule has 0 aromatic carbocycles. The number of aromatic nitrogens is 3. The molecule has 1 aliphatic carbocycles. The van der Waals surface area contributed by atoms with Gasteiger partial charge in [0.25, 0.3) is 0 Å². The summed E-state index contributed by atoms with van der Waals surface area (Å²) < 4.78 is 13.3. The van der Waals surface area contributed by atoms with Crippen molar-refractivity contribution in [3.05, 3.63) is 40.3 Å². The first-order valence-corrected chi connectivity index (χ1v) is 9.75. The summed E-state index contributed by atoms with van der Waals surface area (Å²) >= 11 is 3.36. The van der Waals surface area contributed by atoms with E-state index in [1.165, 1.54) is 7.11 Å². The number of aryl methyl sites for hydroxylation is 2. The fourth-order valence-electron chi connectivity index (χ4n) is 3.35. The molecule has 0 unspecified atom stereocenters. The van der Waals surface area contributed by atoms with E-state index in [9.17, 15) is 4.79 Å². The van der Waals surface area contributed by atoms with Crippen LogP contribution in [0.5, 0.6) is 5.88 Å². The van der Waals surface area contributed by atoms with E-state index in [4.69, 9.17) is 9.47 Å². The summed E-state index contributed by atoms with van der Waals surface area (Å²) in [6.45, 7) is 2.82. The number of carbonyl (C=O) groups is 1. The Hall–Kier alpha value is -1.89. The molecule has 2 aromatic rings. The van der Waals surface area contributed by atoms with Gasteiger partial charge in [0, 0.05) is 24.5 Å². The van der Waals surface area contributed by atoms with E-state index in [0.29, 0.717) is 16.1 Å². The van der Waals surface area contributed by atoms with Crippen LogP contribution in [0.1, 0.15) is 48.2 Å². The van der Waals surface area contributed by atoms with Crippen LogP contribution < -0.4 is 4.74 Å². The van der Waals surface area contributed by atoms with E-state index in [0.717, 1.165) is 50.1 Å². The number of nitrogens with zero attached hydrogens (tertiary/aromatic N) is 3. The van der Waals surface area contributed by atoms with Gasteiger partial charge in [0.1, 0.15) is 6.10 Å². The molecule has 2 heterocycles. The molecule has 0 N–H and O–H groups in total. The van der Waals surface area contributed by atoms with Crippen molar-refractivity contribution in [1.29, 1.82) is 0 Å². The number of carbonyl (C=O) groups excluding carboxylic acids is 1. The molecule has 0 radical (unpaired) electrons. The molecule has 7 heteroatoms. The molecular formula is C19H24BrN3O3. The van der Waals surface area contributed by atoms with E-state index < -0.39 is 5.97 Å². The molecule has 1 aliphatic rings. The normalized spacial score (nSPS) is 20.0. The number of pyridine rings is 1. The summed E-state index contributed by atoms with van der Waals surface area (Å²) in [5, 5.41) is 4.31. The molecule has 3 rings (SSSR count). The van der Waals surface area contributed by atoms with E-state index in [-0.39, 0.29) is 6.10 Å². The standard InChI is InChI=1S/C19H24BrN3O3/c1-13-4-3-10-21-18(13)26-15-7-5-14(6-8-15)9-11-23-12-16(20)17(22-23)19(24)25-2/h3-4,10,12,14-15H,5-9,11H2,1-2H3/t14-,15+. The zero-order valence-electron chi connectivity index (χ0n) is 15.2. The summed E-state index contributed by atoms with van der Waals surface area (Å²) in [6.07, 6.45) is 9.30. The van der Waals surface area contributed by atoms with Crippen LogP contribution >= 0.6 is 15.9 Å². The number of methoxy groups -OCH3 is 1. The van der Waals surface area contributed by atoms with Crippen LogP contribution in [0.25, 0.3) is 0 Å². The van der Waals surface area contributed by atoms with Gasteiger partial charge in [-0.05, 0) is 66.9 Å². The minimum Gasteiger partial charge on any atom is -0.474 e. The summed E-state index contributed by atoms with van der Waals surface area (Å²) in [7, 11) is 1.36. The van der Waals surface area contributed by atoms with Crippen molar-refractivity contribution < 1.29 is 14.3 Å². The Morgan fingerprint density at radius 3 is 2.81 bits per heavy atom. The Morgan fingerprint density at radius 2 is 2.12 bits per heavy atom. The number of hydrogen-bond acceptors (Lipinski definition) is 5. The quantitative estimate of drug-likeness (QED) is 0.654. The van der Waals surface area contributed by atoms with Crippen LogP contribution in [0.15, 0.2) is 29.0 Å². The Morgan fingerprint density at radius 1 is 1.35 bits per heavy atom. The predicted molar refractivity (Wildman–Crippen MR) is 101 cm³/mol. The van der Waals surface area contributed by atoms with Gasteiger partial charge in [-0.15, -0.1) is 0 Å². The van der Waals surface area contributed by atoms with Crippen molar-refractivity contribution in [1.82, 2.24) is 14.8 Å². The first-order chi connectivity index (χ1) is 12.6. The third-order valence-corrected chi connectivity index (χ3v) is 5.48. The van der Waals surface area contributed by atoms with Gasteiger partial charge >= 0.3 is 5.97 Å². The molecule has 26 heavy (non-hydrogen) atoms. The zero-order valence-corrected chi connectivity index (χ0v) is 16.7. The molecule has 1 fully saturated rings. The lowest BCUT2D eigenvalue weighted by molar-refractivity contribution is 0.0591. The second-order valence-corrected chi connectivity index (χ2v) is 7.61. The maximum atomic E-state index is 11.6. The predicted octanol–water partition coefficient (Wildman–Crippen LogP) is 4.16. The van der Waals surface area contributed by atoms with Crippen molar-refractivity contribution in [2.24, 2.45) is 5.92 Å². The van der Waals surface area contributed by atoms with E-state index in [1.807, 2.05) is 29.9 Å². The highest BCUT2D eigenvalue weighted by atomic mass is 79.9. The van der Waals surface area contributed by atoms with Crippen LogP contribution in [-0.4, -0.2) is 33.9 Å². The monoisotopic (exact) mass is 421 g/mol. The van der Waals surface area contributed by atoms with Crippen LogP contribution in [0.4, 0.5) is 0 Å². The number of ether oxygens (including phenoxy) is 2. The van der Waals surface area contributed by atoms with Crippen LogP contribution in [0.3, 0.4) is 0 Å². The van der Waals surface area contributed by atoms with E-state index in [1.54, 1.807) is 6.20 Å². The molecule has 0 atom stereocenters. The highest BCUT2D eigenvalue weighted by molar-refractivity contribution is 9.10. The molecular weight excluding hydrogens is 398 g/mol. The number of halogens is 1. The van der Waals surface area contributed by atoms with Gasteiger partial charge in [-0.1, -0.05) is 6.07 Å². The number of hydrogen-bond donors (Lipinski definition) is 0. The fourth-order valence-corrected chi connectivity index (χ4v) is 3.83. The summed E-state index contributed by atoms with van der Waals surface area (Å²) in [4.78, 5) is 15.9. The smallest absolute Gasteiger partial charge is 0.359 e. The Labute approximate surface area is 162 Å². The Balaban J connectivity index is 1.46. The molecule has 0 bridgehead atoms. The van der Waals surface area contributed by atoms with Gasteiger partial charge in [-0.2, -0.15) is 5.10 Å². The first-order valence-electron chi connectivity index (χ1n) is 8.96. The molecule has 0 spiro atoms. The molecule has 0 aliphatic heterocycles. The van der Waals surface area contributed by atoms with Gasteiger partial charge in [0.15, 0.2) is 5.69 Å². The average molecular weight is 422 g/mol. The highest BCUT2D eigenvalue weighted by Crippen LogP contribution is 2.30. The lowest BCUT2D eigenvalue weighted by Crippen LogP contribution is -2.25. The van der Waals surface area contributed by atoms with Crippen molar-refractivity contribution in [3.8, 4) is 5.88 Å². The molecule has 0 amide bonds. The average Bonchev–Trinajstić information content (AvgIpc) is 3.03. The lowest BCUT2D eigenvalue weighted by atomic mass is 9.85. The van der Waals surface area contributed by atoms with Gasteiger partial charge in [0.2, 0.25) is 5.88 Å². The van der Waals surface area contributed by atoms with Crippen molar-refractivity contribution in [3.63, 3.8) is 0 Å². The maximum Gasteiger partial charge on any atom is 0.359 e. The summed E-state index contributed by atoms with van der Waals surface area (Å²) in [5.41, 5.74) is 1.41. The Bertz CT molecular complexity index is 754. The summed E-state index contributed by atoms with van der Waals surface area (Å²) in [5.74, 6) is 0.995. The molecule has 0 saturated heterocycles. The van der Waals surface area contributed by atoms with Crippen LogP contribution in [0.2, 0.25) is 0 Å². The summed E-state index contributed by atoms with van der Waals surface area (Å²) in [6, 6.07) is 3.96. The fraction of sp³-hybridized carbons (Fsp3) is 0.526. The number of esters is 1. The lowest BCUT2D eigenvalue weighted by Gasteiger charge is -2.29. The third kappa shape index (κ3) is 4.63. The third-order valence-electron chi connectivity index (χ3n) is 4.90. The second-order valence-electron chi connectivity index (χ2n) is 6.76. The van der Waals surface area contributed by atoms with Crippen LogP contribution in [-0.2, 0) is 11.3 Å². The molecule has 2 aromatic heterocycles. The van der Waals surface area contributed by atoms with Gasteiger partial charge < -0.3 is 9.47 Å². The van der Waals surface area contributed by atoms with Crippen molar-refractivity contribution >= 4 is 21.9 Å². The second kappa shape index (κ2) is 8.66. The van der Waals surface area contributed by atoms with Gasteiger partial charge in [0.05, 0.1) is 11.6 Å². The maximum absolute atomic E-state index is 11.6. The minimum atomic E-state index is -0.418. The molecule has 140 valence electrons. The largest absolute Gasteiger partial charge is 0.474 e. The number of rotatable bonds is 6. The molecule has 6 nitrogen and oxygen atoms in total. The highest BCUT2D eigenvalue weighted by Gasteiger charge is 2.23. The van der Waals surface area contributed by atoms with Gasteiger partial charge in [-0.25, -0.2) is 9.78 Å². The first kappa shape index (κ1) is 18.9. The zero-order chi connectivity index (χ0) is 18.5. The molecule has 1 saturated carbocycles. The van der Waals surface area contributed by atoms with E-state index >= 15 is 0 Å². The SMILES string of the molecule is COC(=O)c1nn(CC[C@H]2CC[C@@H](Oc3ncccc3C)CC2)cc1Br. The van der Waals surface area contributed by atoms with Crippen LogP contribution in [0, 0.1) is 12.8 Å². The topological polar surface area (TPSA) is 66.2 Å². The van der Waals surface area contributed by atoms with Crippen molar-refractivity contribution in [2.75, 3.05) is 7.11 Å². The van der Waals surface area contributed by atoms with Gasteiger partial charge in [-0.3, -0.25) is 4.68 Å². The van der Waals surface area contributed by atoms with Crippen molar-refractivity contribution in [2.45, 2.75) is 51.7 Å². The van der Waals surface area contributed by atoms with E-state index in [2.05, 4.69) is 26.0 Å². The Kier molecular flexibility index (Phi) is 6.29. The minimum absolute atomic E-state index is 0.254.